The van der Waals surface area contributed by atoms with Gasteiger partial charge in [0.1, 0.15) is 11.3 Å². The molecule has 0 aliphatic heterocycles. The number of halogens is 1. The van der Waals surface area contributed by atoms with Gasteiger partial charge in [-0.3, -0.25) is 0 Å². The van der Waals surface area contributed by atoms with E-state index in [1.807, 2.05) is 24.7 Å². The predicted molar refractivity (Wildman–Crippen MR) is 79.5 cm³/mol. The zero-order valence-corrected chi connectivity index (χ0v) is 12.6. The van der Waals surface area contributed by atoms with Crippen LogP contribution >= 0.6 is 12.2 Å². The minimum Gasteiger partial charge on any atom is -0.328 e. The maximum atomic E-state index is 13.8. The van der Waals surface area contributed by atoms with Crippen molar-refractivity contribution in [2.45, 2.75) is 19.9 Å². The molecular formula is C14H20FN3S. The van der Waals surface area contributed by atoms with E-state index in [1.165, 1.54) is 6.07 Å². The molecule has 1 aromatic heterocycles. The number of nitrogens with zero attached hydrogens (tertiary/aromatic N) is 2. The van der Waals surface area contributed by atoms with Gasteiger partial charge in [-0.15, -0.1) is 0 Å². The first-order chi connectivity index (χ1) is 8.91. The van der Waals surface area contributed by atoms with Gasteiger partial charge in [-0.05, 0) is 44.4 Å². The molecule has 1 aromatic carbocycles. The minimum absolute atomic E-state index is 0.220. The normalized spacial score (nSPS) is 13.6. The number of hydrogen-bond donors (Lipinski definition) is 1. The maximum absolute atomic E-state index is 13.8. The van der Waals surface area contributed by atoms with Crippen molar-refractivity contribution in [3.8, 4) is 0 Å². The first-order valence-electron chi connectivity index (χ1n) is 6.45. The second-order valence-corrected chi connectivity index (χ2v) is 5.89. The van der Waals surface area contributed by atoms with Crippen LogP contribution in [0.3, 0.4) is 0 Å². The van der Waals surface area contributed by atoms with Crippen molar-refractivity contribution >= 4 is 23.3 Å². The quantitative estimate of drug-likeness (QED) is 0.866. The average Bonchev–Trinajstić information content (AvgIpc) is 2.64. The summed E-state index contributed by atoms with van der Waals surface area (Å²) < 4.78 is 16.4. The second-order valence-electron chi connectivity index (χ2n) is 5.51. The van der Waals surface area contributed by atoms with Gasteiger partial charge in [0.05, 0.1) is 11.6 Å². The average molecular weight is 281 g/mol. The molecule has 0 amide bonds. The Morgan fingerprint density at radius 1 is 1.37 bits per heavy atom. The van der Waals surface area contributed by atoms with Gasteiger partial charge in [-0.2, -0.15) is 0 Å². The number of nitrogens with one attached hydrogen (secondary N) is 1. The maximum Gasteiger partial charge on any atom is 0.178 e. The summed E-state index contributed by atoms with van der Waals surface area (Å²) >= 11 is 5.38. The zero-order chi connectivity index (χ0) is 14.2. The van der Waals surface area contributed by atoms with Crippen LogP contribution in [0.1, 0.15) is 19.9 Å². The number of para-hydroxylation sites is 1. The van der Waals surface area contributed by atoms with Crippen LogP contribution in [0, 0.1) is 16.5 Å². The van der Waals surface area contributed by atoms with Gasteiger partial charge in [-0.25, -0.2) is 4.39 Å². The molecule has 5 heteroatoms. The van der Waals surface area contributed by atoms with Gasteiger partial charge in [0, 0.05) is 6.54 Å². The van der Waals surface area contributed by atoms with Crippen molar-refractivity contribution in [2.75, 3.05) is 20.6 Å². The highest BCUT2D eigenvalue weighted by Gasteiger charge is 2.20. The Balaban J connectivity index is 2.63. The first kappa shape index (κ1) is 14.2. The lowest BCUT2D eigenvalue weighted by molar-refractivity contribution is 0.272. The Bertz CT molecular complexity index is 627. The van der Waals surface area contributed by atoms with Crippen LogP contribution in [-0.2, 0) is 0 Å². The topological polar surface area (TPSA) is 24.0 Å². The monoisotopic (exact) mass is 281 g/mol. The van der Waals surface area contributed by atoms with Crippen molar-refractivity contribution in [3.63, 3.8) is 0 Å². The van der Waals surface area contributed by atoms with E-state index < -0.39 is 0 Å². The Morgan fingerprint density at radius 2 is 2.05 bits per heavy atom. The van der Waals surface area contributed by atoms with Gasteiger partial charge in [0.2, 0.25) is 0 Å². The van der Waals surface area contributed by atoms with Crippen LogP contribution < -0.4 is 0 Å². The second kappa shape index (κ2) is 5.43. The lowest BCUT2D eigenvalue weighted by atomic mass is 10.0. The number of benzene rings is 1. The molecule has 0 radical (unpaired) electrons. The number of H-pyrrole nitrogens is 1. The van der Waals surface area contributed by atoms with E-state index in [2.05, 4.69) is 23.7 Å². The lowest BCUT2D eigenvalue weighted by Crippen LogP contribution is -2.28. The smallest absolute Gasteiger partial charge is 0.178 e. The van der Waals surface area contributed by atoms with Gasteiger partial charge in [0.15, 0.2) is 4.77 Å². The fourth-order valence-corrected chi connectivity index (χ4v) is 2.74. The van der Waals surface area contributed by atoms with Crippen molar-refractivity contribution in [1.82, 2.24) is 14.5 Å². The van der Waals surface area contributed by atoms with Crippen molar-refractivity contribution in [3.05, 3.63) is 28.8 Å². The van der Waals surface area contributed by atoms with E-state index in [0.717, 1.165) is 12.1 Å². The number of aromatic amines is 1. The van der Waals surface area contributed by atoms with Crippen LogP contribution in [0.5, 0.6) is 0 Å². The summed E-state index contributed by atoms with van der Waals surface area (Å²) in [7, 11) is 4.07. The molecule has 0 saturated heterocycles. The molecule has 2 rings (SSSR count). The van der Waals surface area contributed by atoms with Gasteiger partial charge in [0.25, 0.3) is 0 Å². The Morgan fingerprint density at radius 3 is 2.63 bits per heavy atom. The summed E-state index contributed by atoms with van der Waals surface area (Å²) in [6.07, 6.45) is 0. The van der Waals surface area contributed by atoms with Crippen molar-refractivity contribution < 1.29 is 4.39 Å². The summed E-state index contributed by atoms with van der Waals surface area (Å²) in [5.74, 6) is 0.158. The first-order valence-corrected chi connectivity index (χ1v) is 6.86. The molecule has 0 fully saturated rings. The molecule has 3 nitrogen and oxygen atoms in total. The highest BCUT2D eigenvalue weighted by atomic mass is 32.1. The summed E-state index contributed by atoms with van der Waals surface area (Å²) in [5, 5.41) is 0. The molecule has 1 atom stereocenters. The molecule has 2 aromatic rings. The van der Waals surface area contributed by atoms with Gasteiger partial charge >= 0.3 is 0 Å². The summed E-state index contributed by atoms with van der Waals surface area (Å²) in [4.78, 5) is 5.12. The minimum atomic E-state index is -0.255. The van der Waals surface area contributed by atoms with Crippen LogP contribution in [0.25, 0.3) is 11.0 Å². The van der Waals surface area contributed by atoms with E-state index in [9.17, 15) is 4.39 Å². The largest absolute Gasteiger partial charge is 0.328 e. The Kier molecular flexibility index (Phi) is 4.06. The number of hydrogen-bond acceptors (Lipinski definition) is 2. The van der Waals surface area contributed by atoms with E-state index in [0.29, 0.717) is 16.2 Å². The number of aromatic nitrogens is 2. The molecule has 19 heavy (non-hydrogen) atoms. The zero-order valence-electron chi connectivity index (χ0n) is 11.8. The van der Waals surface area contributed by atoms with E-state index >= 15 is 0 Å². The van der Waals surface area contributed by atoms with Gasteiger partial charge in [-0.1, -0.05) is 19.9 Å². The third-order valence-electron chi connectivity index (χ3n) is 3.36. The molecule has 0 aliphatic rings. The summed E-state index contributed by atoms with van der Waals surface area (Å²) in [6, 6.07) is 5.31. The molecule has 0 bridgehead atoms. The molecule has 104 valence electrons. The number of fused-ring (bicyclic) bond motifs is 1. The highest BCUT2D eigenvalue weighted by Crippen LogP contribution is 2.26. The third-order valence-corrected chi connectivity index (χ3v) is 3.65. The highest BCUT2D eigenvalue weighted by molar-refractivity contribution is 7.71. The molecule has 1 unspecified atom stereocenters. The molecule has 0 aliphatic carbocycles. The van der Waals surface area contributed by atoms with Crippen molar-refractivity contribution in [1.29, 1.82) is 0 Å². The molecular weight excluding hydrogens is 261 g/mol. The van der Waals surface area contributed by atoms with Gasteiger partial charge < -0.3 is 14.5 Å². The van der Waals surface area contributed by atoms with E-state index in [1.54, 1.807) is 6.07 Å². The van der Waals surface area contributed by atoms with Crippen LogP contribution in [0.4, 0.5) is 4.39 Å². The molecule has 1 N–H and O–H groups in total. The van der Waals surface area contributed by atoms with Crippen LogP contribution in [0.15, 0.2) is 18.2 Å². The number of imidazole rings is 1. The molecule has 1 heterocycles. The number of rotatable bonds is 4. The Hall–Kier alpha value is -1.20. The standard InChI is InChI=1S/C14H20FN3S/c1-9(2)12(8-17(3)4)18-11-7-5-6-10(15)13(11)16-14(18)19/h5-7,9,12H,8H2,1-4H3,(H,16,19). The van der Waals surface area contributed by atoms with E-state index in [-0.39, 0.29) is 11.9 Å². The lowest BCUT2D eigenvalue weighted by Gasteiger charge is -2.26. The number of likely N-dealkylation sites (N-methyl/N-ethyl adjacent to an activating group) is 1. The van der Waals surface area contributed by atoms with E-state index in [4.69, 9.17) is 12.2 Å². The molecule has 0 spiro atoms. The fourth-order valence-electron chi connectivity index (χ4n) is 2.41. The SMILES string of the molecule is CC(C)C(CN(C)C)n1c(=S)[nH]c2c(F)cccc21. The summed E-state index contributed by atoms with van der Waals surface area (Å²) in [5.41, 5.74) is 1.34. The van der Waals surface area contributed by atoms with Crippen LogP contribution in [0.2, 0.25) is 0 Å². The summed E-state index contributed by atoms with van der Waals surface area (Å²) in [6.45, 7) is 5.19. The fraction of sp³-hybridized carbons (Fsp3) is 0.500. The molecule has 0 saturated carbocycles. The van der Waals surface area contributed by atoms with Crippen LogP contribution in [-0.4, -0.2) is 35.1 Å². The predicted octanol–water partition coefficient (Wildman–Crippen LogP) is 3.60. The van der Waals surface area contributed by atoms with Crippen molar-refractivity contribution in [2.24, 2.45) is 5.92 Å². The Labute approximate surface area is 118 Å². The third kappa shape index (κ3) is 2.72.